The second-order valence-corrected chi connectivity index (χ2v) is 7.15. The molecule has 4 saturated carbocycles. The van der Waals surface area contributed by atoms with Gasteiger partial charge < -0.3 is 5.32 Å². The van der Waals surface area contributed by atoms with Crippen LogP contribution in [0, 0.1) is 23.7 Å². The van der Waals surface area contributed by atoms with E-state index in [0.29, 0.717) is 0 Å². The number of nitrogens with one attached hydrogen (secondary N) is 1. The summed E-state index contributed by atoms with van der Waals surface area (Å²) in [6.07, 6.45) is 8.67. The maximum absolute atomic E-state index is 3.88. The summed E-state index contributed by atoms with van der Waals surface area (Å²) in [5.41, 5.74) is 2.78. The molecule has 0 spiro atoms. The van der Waals surface area contributed by atoms with Gasteiger partial charge in [-0.05, 0) is 79.9 Å². The quantitative estimate of drug-likeness (QED) is 0.839. The van der Waals surface area contributed by atoms with Crippen LogP contribution in [0.4, 0.5) is 5.69 Å². The number of rotatable bonds is 3. The third-order valence-corrected chi connectivity index (χ3v) is 5.92. The standard InChI is InChI=1S/C18H25N/c1-2-12-3-5-17(6-4-12)19-18-15-8-13-7-14(10-15)11-16(18)9-13/h3-6,13-16,18-19H,2,7-11H2,1H3. The Kier molecular flexibility index (Phi) is 2.82. The molecule has 0 atom stereocenters. The summed E-state index contributed by atoms with van der Waals surface area (Å²) in [7, 11) is 0. The highest BCUT2D eigenvalue weighted by atomic mass is 14.9. The number of benzene rings is 1. The van der Waals surface area contributed by atoms with E-state index in [2.05, 4.69) is 36.5 Å². The van der Waals surface area contributed by atoms with Crippen LogP contribution in [0.5, 0.6) is 0 Å². The Bertz CT molecular complexity index is 419. The van der Waals surface area contributed by atoms with Crippen molar-refractivity contribution in [3.8, 4) is 0 Å². The molecule has 5 rings (SSSR count). The van der Waals surface area contributed by atoms with Crippen molar-refractivity contribution in [3.63, 3.8) is 0 Å². The van der Waals surface area contributed by atoms with E-state index in [0.717, 1.165) is 36.1 Å². The summed E-state index contributed by atoms with van der Waals surface area (Å²) < 4.78 is 0. The van der Waals surface area contributed by atoms with Crippen LogP contribution in [0.2, 0.25) is 0 Å². The Balaban J connectivity index is 1.50. The van der Waals surface area contributed by atoms with Crippen LogP contribution in [-0.2, 0) is 6.42 Å². The molecule has 0 radical (unpaired) electrons. The third-order valence-electron chi connectivity index (χ3n) is 5.92. The van der Waals surface area contributed by atoms with Gasteiger partial charge in [0, 0.05) is 11.7 Å². The van der Waals surface area contributed by atoms with Gasteiger partial charge in [0.05, 0.1) is 0 Å². The van der Waals surface area contributed by atoms with E-state index in [1.54, 1.807) is 6.42 Å². The molecule has 0 amide bonds. The van der Waals surface area contributed by atoms with Crippen LogP contribution in [-0.4, -0.2) is 6.04 Å². The second-order valence-electron chi connectivity index (χ2n) is 7.15. The average Bonchev–Trinajstić information content (AvgIpc) is 2.43. The van der Waals surface area contributed by atoms with Crippen LogP contribution < -0.4 is 5.32 Å². The van der Waals surface area contributed by atoms with Gasteiger partial charge in [-0.3, -0.25) is 0 Å². The van der Waals surface area contributed by atoms with E-state index in [-0.39, 0.29) is 0 Å². The number of aryl methyl sites for hydroxylation is 1. The second kappa shape index (κ2) is 4.54. The lowest BCUT2D eigenvalue weighted by molar-refractivity contribution is 0.00754. The van der Waals surface area contributed by atoms with Crippen molar-refractivity contribution in [2.75, 3.05) is 5.32 Å². The first-order chi connectivity index (χ1) is 9.31. The maximum atomic E-state index is 3.88. The lowest BCUT2D eigenvalue weighted by Gasteiger charge is -2.54. The van der Waals surface area contributed by atoms with Gasteiger partial charge in [0.1, 0.15) is 0 Å². The molecule has 1 nitrogen and oxygen atoms in total. The molecule has 1 aromatic rings. The molecule has 1 aromatic carbocycles. The molecule has 0 aliphatic heterocycles. The first-order valence-electron chi connectivity index (χ1n) is 8.17. The largest absolute Gasteiger partial charge is 0.382 e. The lowest BCUT2D eigenvalue weighted by atomic mass is 9.54. The fraction of sp³-hybridized carbons (Fsp3) is 0.667. The van der Waals surface area contributed by atoms with E-state index < -0.39 is 0 Å². The Morgan fingerprint density at radius 1 is 0.895 bits per heavy atom. The van der Waals surface area contributed by atoms with Gasteiger partial charge >= 0.3 is 0 Å². The molecule has 0 unspecified atom stereocenters. The van der Waals surface area contributed by atoms with Gasteiger partial charge in [0.2, 0.25) is 0 Å². The summed E-state index contributed by atoms with van der Waals surface area (Å²) in [5, 5.41) is 3.88. The molecule has 4 aliphatic carbocycles. The van der Waals surface area contributed by atoms with E-state index in [9.17, 15) is 0 Å². The Labute approximate surface area is 116 Å². The number of hydrogen-bond donors (Lipinski definition) is 1. The van der Waals surface area contributed by atoms with E-state index >= 15 is 0 Å². The van der Waals surface area contributed by atoms with Crippen LogP contribution in [0.3, 0.4) is 0 Å². The minimum absolute atomic E-state index is 0.764. The molecule has 1 heteroatoms. The van der Waals surface area contributed by atoms with Crippen LogP contribution in [0.1, 0.15) is 44.6 Å². The highest BCUT2D eigenvalue weighted by molar-refractivity contribution is 5.46. The molecule has 4 aliphatic rings. The van der Waals surface area contributed by atoms with Crippen LogP contribution >= 0.6 is 0 Å². The van der Waals surface area contributed by atoms with Crippen LogP contribution in [0.25, 0.3) is 0 Å². The zero-order chi connectivity index (χ0) is 12.8. The molecule has 4 bridgehead atoms. The molecule has 0 saturated heterocycles. The highest BCUT2D eigenvalue weighted by Gasteiger charge is 2.48. The fourth-order valence-corrected chi connectivity index (χ4v) is 5.19. The van der Waals surface area contributed by atoms with E-state index in [1.807, 2.05) is 0 Å². The molecular formula is C18H25N. The Morgan fingerprint density at radius 2 is 1.47 bits per heavy atom. The van der Waals surface area contributed by atoms with Crippen molar-refractivity contribution in [1.82, 2.24) is 0 Å². The molecule has 4 fully saturated rings. The number of anilines is 1. The summed E-state index contributed by atoms with van der Waals surface area (Å²) >= 11 is 0. The van der Waals surface area contributed by atoms with Gasteiger partial charge in [-0.25, -0.2) is 0 Å². The lowest BCUT2D eigenvalue weighted by Crippen LogP contribution is -2.51. The molecule has 102 valence electrons. The van der Waals surface area contributed by atoms with Crippen LogP contribution in [0.15, 0.2) is 24.3 Å². The fourth-order valence-electron chi connectivity index (χ4n) is 5.19. The molecular weight excluding hydrogens is 230 g/mol. The first-order valence-corrected chi connectivity index (χ1v) is 8.17. The summed E-state index contributed by atoms with van der Waals surface area (Å²) in [5.74, 6) is 4.07. The van der Waals surface area contributed by atoms with Crippen molar-refractivity contribution in [2.24, 2.45) is 23.7 Å². The molecule has 0 aromatic heterocycles. The zero-order valence-corrected chi connectivity index (χ0v) is 11.9. The van der Waals surface area contributed by atoms with Gasteiger partial charge in [-0.1, -0.05) is 19.1 Å². The molecule has 1 N–H and O–H groups in total. The van der Waals surface area contributed by atoms with Crippen molar-refractivity contribution in [3.05, 3.63) is 29.8 Å². The normalized spacial score (nSPS) is 39.5. The predicted molar refractivity (Wildman–Crippen MR) is 80.3 cm³/mol. The Hall–Kier alpha value is -0.980. The smallest absolute Gasteiger partial charge is 0.0342 e. The monoisotopic (exact) mass is 255 g/mol. The minimum Gasteiger partial charge on any atom is -0.382 e. The van der Waals surface area contributed by atoms with Crippen molar-refractivity contribution >= 4 is 5.69 Å². The molecule has 0 heterocycles. The minimum atomic E-state index is 0.764. The topological polar surface area (TPSA) is 12.0 Å². The van der Waals surface area contributed by atoms with Gasteiger partial charge in [-0.15, -0.1) is 0 Å². The number of hydrogen-bond acceptors (Lipinski definition) is 1. The Morgan fingerprint density at radius 3 is 2.00 bits per heavy atom. The van der Waals surface area contributed by atoms with E-state index in [1.165, 1.54) is 36.9 Å². The maximum Gasteiger partial charge on any atom is 0.0342 e. The highest BCUT2D eigenvalue weighted by Crippen LogP contribution is 2.54. The van der Waals surface area contributed by atoms with E-state index in [4.69, 9.17) is 0 Å². The SMILES string of the molecule is CCc1ccc(NC2C3CC4CC(C3)CC2C4)cc1. The van der Waals surface area contributed by atoms with Crippen molar-refractivity contribution in [1.29, 1.82) is 0 Å². The van der Waals surface area contributed by atoms with Crippen molar-refractivity contribution < 1.29 is 0 Å². The summed E-state index contributed by atoms with van der Waals surface area (Å²) in [6.45, 7) is 2.22. The van der Waals surface area contributed by atoms with Gasteiger partial charge in [-0.2, -0.15) is 0 Å². The first kappa shape index (κ1) is 11.8. The average molecular weight is 255 g/mol. The summed E-state index contributed by atoms with van der Waals surface area (Å²) in [6, 6.07) is 9.88. The third kappa shape index (κ3) is 2.07. The zero-order valence-electron chi connectivity index (χ0n) is 11.9. The van der Waals surface area contributed by atoms with Gasteiger partial charge in [0.25, 0.3) is 0 Å². The van der Waals surface area contributed by atoms with Gasteiger partial charge in [0.15, 0.2) is 0 Å². The van der Waals surface area contributed by atoms with Crippen molar-refractivity contribution in [2.45, 2.75) is 51.5 Å². The summed E-state index contributed by atoms with van der Waals surface area (Å²) in [4.78, 5) is 0. The molecule has 19 heavy (non-hydrogen) atoms. The predicted octanol–water partition coefficient (Wildman–Crippen LogP) is 4.49.